The van der Waals surface area contributed by atoms with E-state index >= 15 is 0 Å². The first kappa shape index (κ1) is 20.8. The number of benzene rings is 2. The molecule has 32 heavy (non-hydrogen) atoms. The third-order valence-corrected chi connectivity index (χ3v) is 5.86. The van der Waals surface area contributed by atoms with Gasteiger partial charge in [-0.2, -0.15) is 4.98 Å². The van der Waals surface area contributed by atoms with Gasteiger partial charge < -0.3 is 15.0 Å². The first-order chi connectivity index (χ1) is 15.5. The molecule has 1 N–H and O–H groups in total. The van der Waals surface area contributed by atoms with Gasteiger partial charge in [-0.15, -0.1) is 5.10 Å². The van der Waals surface area contributed by atoms with Crippen LogP contribution in [0, 0.1) is 24.5 Å². The Bertz CT molecular complexity index is 1080. The van der Waals surface area contributed by atoms with E-state index in [0.717, 1.165) is 68.9 Å². The molecule has 0 aliphatic carbocycles. The lowest BCUT2D eigenvalue weighted by molar-refractivity contribution is 0.0286. The van der Waals surface area contributed by atoms with Gasteiger partial charge >= 0.3 is 0 Å². The van der Waals surface area contributed by atoms with Crippen LogP contribution in [0.4, 0.5) is 26.1 Å². The lowest BCUT2D eigenvalue weighted by Crippen LogP contribution is -2.53. The maximum Gasteiger partial charge on any atom is 0.246 e. The molecule has 0 spiro atoms. The SMILES string of the molecule is Cc1cc(Nc2ncn(-c3cc(F)cc(F)c3)n2)cc(N2CC(CN3CCOCC3)C2)c1.[HH]. The van der Waals surface area contributed by atoms with Gasteiger partial charge in [0.2, 0.25) is 5.95 Å². The van der Waals surface area contributed by atoms with Crippen molar-refractivity contribution in [2.24, 2.45) is 5.92 Å². The van der Waals surface area contributed by atoms with Crippen molar-refractivity contribution < 1.29 is 14.9 Å². The van der Waals surface area contributed by atoms with E-state index in [1.807, 2.05) is 6.07 Å². The van der Waals surface area contributed by atoms with Crippen molar-refractivity contribution in [2.75, 3.05) is 56.2 Å². The number of morpholine rings is 1. The maximum atomic E-state index is 13.5. The van der Waals surface area contributed by atoms with Crippen LogP contribution in [0.3, 0.4) is 0 Å². The van der Waals surface area contributed by atoms with E-state index in [-0.39, 0.29) is 7.11 Å². The Morgan fingerprint density at radius 3 is 2.53 bits per heavy atom. The molecule has 2 saturated heterocycles. The van der Waals surface area contributed by atoms with Crippen molar-refractivity contribution in [1.82, 2.24) is 19.7 Å². The van der Waals surface area contributed by atoms with Gasteiger partial charge in [-0.05, 0) is 42.8 Å². The summed E-state index contributed by atoms with van der Waals surface area (Å²) in [5.41, 5.74) is 3.45. The Kier molecular flexibility index (Phi) is 5.75. The van der Waals surface area contributed by atoms with E-state index < -0.39 is 11.6 Å². The molecule has 0 radical (unpaired) electrons. The topological polar surface area (TPSA) is 58.5 Å². The number of hydrogen-bond acceptors (Lipinski definition) is 6. The lowest BCUT2D eigenvalue weighted by atomic mass is 9.97. The quantitative estimate of drug-likeness (QED) is 0.630. The number of hydrogen-bond donors (Lipinski definition) is 1. The molecule has 0 bridgehead atoms. The van der Waals surface area contributed by atoms with Gasteiger partial charge in [0, 0.05) is 57.5 Å². The van der Waals surface area contributed by atoms with Crippen LogP contribution in [0.15, 0.2) is 42.7 Å². The van der Waals surface area contributed by atoms with E-state index in [2.05, 4.69) is 44.3 Å². The summed E-state index contributed by atoms with van der Waals surface area (Å²) in [5, 5.41) is 7.51. The molecule has 3 heterocycles. The van der Waals surface area contributed by atoms with E-state index in [9.17, 15) is 8.78 Å². The fourth-order valence-electron chi connectivity index (χ4n) is 4.31. The second-order valence-electron chi connectivity index (χ2n) is 8.51. The van der Waals surface area contributed by atoms with Crippen molar-refractivity contribution >= 4 is 17.3 Å². The van der Waals surface area contributed by atoms with Crippen molar-refractivity contribution in [3.8, 4) is 5.69 Å². The molecular formula is C23H28F2N6O. The summed E-state index contributed by atoms with van der Waals surface area (Å²) in [6.07, 6.45) is 1.43. The van der Waals surface area contributed by atoms with Gasteiger partial charge in [0.25, 0.3) is 0 Å². The Balaban J connectivity index is 0.00000259. The Morgan fingerprint density at radius 1 is 1.03 bits per heavy atom. The van der Waals surface area contributed by atoms with Gasteiger partial charge in [0.05, 0.1) is 18.9 Å². The third kappa shape index (κ3) is 4.73. The highest BCUT2D eigenvalue weighted by atomic mass is 19.1. The average molecular weight is 443 g/mol. The highest BCUT2D eigenvalue weighted by Gasteiger charge is 2.29. The number of aryl methyl sites for hydroxylation is 1. The molecule has 2 aliphatic rings. The largest absolute Gasteiger partial charge is 0.379 e. The van der Waals surface area contributed by atoms with Crippen LogP contribution in [0.5, 0.6) is 0 Å². The molecule has 7 nitrogen and oxygen atoms in total. The molecule has 2 aromatic carbocycles. The lowest BCUT2D eigenvalue weighted by Gasteiger charge is -2.44. The Morgan fingerprint density at radius 2 is 1.78 bits per heavy atom. The fraction of sp³-hybridized carbons (Fsp3) is 0.391. The highest BCUT2D eigenvalue weighted by molar-refractivity contribution is 5.64. The standard InChI is InChI=1S/C23H26F2N6O.H2/c1-16-6-20(27-23-26-15-31(28-23)22-9-18(24)8-19(25)10-22)11-21(7-16)30-13-17(14-30)12-29-2-4-32-5-3-29;/h6-11,15,17H,2-5,12-14H2,1H3,(H,27,28);1H. The normalized spacial score (nSPS) is 17.4. The van der Waals surface area contributed by atoms with E-state index in [4.69, 9.17) is 4.74 Å². The maximum absolute atomic E-state index is 13.5. The highest BCUT2D eigenvalue weighted by Crippen LogP contribution is 2.30. The van der Waals surface area contributed by atoms with Crippen molar-refractivity contribution in [3.05, 3.63) is 59.9 Å². The summed E-state index contributed by atoms with van der Waals surface area (Å²) in [6.45, 7) is 8.98. The molecule has 9 heteroatoms. The van der Waals surface area contributed by atoms with E-state index in [0.29, 0.717) is 11.9 Å². The minimum atomic E-state index is -0.658. The molecule has 1 aromatic heterocycles. The summed E-state index contributed by atoms with van der Waals surface area (Å²) < 4.78 is 33.8. The Labute approximate surface area is 187 Å². The molecule has 5 rings (SSSR count). The molecule has 2 fully saturated rings. The second kappa shape index (κ2) is 8.84. The molecule has 0 unspecified atom stereocenters. The van der Waals surface area contributed by atoms with Crippen molar-refractivity contribution in [1.29, 1.82) is 0 Å². The number of rotatable bonds is 6. The molecule has 0 atom stereocenters. The number of anilines is 3. The minimum absolute atomic E-state index is 0. The number of aromatic nitrogens is 3. The zero-order valence-electron chi connectivity index (χ0n) is 18.0. The van der Waals surface area contributed by atoms with Crippen LogP contribution in [-0.4, -0.2) is 65.6 Å². The number of nitrogens with one attached hydrogen (secondary N) is 1. The van der Waals surface area contributed by atoms with Gasteiger partial charge in [0.15, 0.2) is 0 Å². The van der Waals surface area contributed by atoms with Gasteiger partial charge in [-0.3, -0.25) is 4.90 Å². The van der Waals surface area contributed by atoms with Crippen LogP contribution in [0.2, 0.25) is 0 Å². The van der Waals surface area contributed by atoms with Gasteiger partial charge in [-0.25, -0.2) is 13.5 Å². The monoisotopic (exact) mass is 442 g/mol. The summed E-state index contributed by atoms with van der Waals surface area (Å²) in [5.74, 6) is -0.279. The smallest absolute Gasteiger partial charge is 0.246 e. The third-order valence-electron chi connectivity index (χ3n) is 5.86. The molecule has 170 valence electrons. The first-order valence-electron chi connectivity index (χ1n) is 10.8. The zero-order valence-corrected chi connectivity index (χ0v) is 18.0. The minimum Gasteiger partial charge on any atom is -0.379 e. The summed E-state index contributed by atoms with van der Waals surface area (Å²) in [4.78, 5) is 9.10. The molecular weight excluding hydrogens is 414 g/mol. The zero-order chi connectivity index (χ0) is 22.1. The fourth-order valence-corrected chi connectivity index (χ4v) is 4.31. The van der Waals surface area contributed by atoms with Gasteiger partial charge in [-0.1, -0.05) is 0 Å². The molecule has 0 saturated carbocycles. The molecule has 3 aromatic rings. The van der Waals surface area contributed by atoms with Crippen molar-refractivity contribution in [3.63, 3.8) is 0 Å². The van der Waals surface area contributed by atoms with Gasteiger partial charge in [0.1, 0.15) is 18.0 Å². The number of halogens is 2. The van der Waals surface area contributed by atoms with Crippen LogP contribution < -0.4 is 10.2 Å². The first-order valence-corrected chi connectivity index (χ1v) is 10.8. The summed E-state index contributed by atoms with van der Waals surface area (Å²) >= 11 is 0. The summed E-state index contributed by atoms with van der Waals surface area (Å²) in [6, 6.07) is 9.54. The summed E-state index contributed by atoms with van der Waals surface area (Å²) in [7, 11) is 0. The molecule has 2 aliphatic heterocycles. The van der Waals surface area contributed by atoms with Crippen LogP contribution in [0.25, 0.3) is 5.69 Å². The van der Waals surface area contributed by atoms with Crippen molar-refractivity contribution in [2.45, 2.75) is 6.92 Å². The number of ether oxygens (including phenoxy) is 1. The van der Waals surface area contributed by atoms with Crippen LogP contribution >= 0.6 is 0 Å². The average Bonchev–Trinajstić information content (AvgIpc) is 3.18. The predicted molar refractivity (Wildman–Crippen MR) is 121 cm³/mol. The second-order valence-corrected chi connectivity index (χ2v) is 8.51. The van der Waals surface area contributed by atoms with E-state index in [1.165, 1.54) is 23.1 Å². The molecule has 0 amide bonds. The Hall–Kier alpha value is -3.04. The predicted octanol–water partition coefficient (Wildman–Crippen LogP) is 3.61. The van der Waals surface area contributed by atoms with Crippen LogP contribution in [0.1, 0.15) is 6.99 Å². The van der Waals surface area contributed by atoms with Crippen LogP contribution in [-0.2, 0) is 4.74 Å². The van der Waals surface area contributed by atoms with E-state index in [1.54, 1.807) is 0 Å². The number of nitrogens with zero attached hydrogens (tertiary/aromatic N) is 5.